The monoisotopic (exact) mass is 208 g/mol. The van der Waals surface area contributed by atoms with E-state index in [-0.39, 0.29) is 0 Å². The van der Waals surface area contributed by atoms with Gasteiger partial charge in [0.1, 0.15) is 5.82 Å². The highest BCUT2D eigenvalue weighted by Crippen LogP contribution is 2.12. The molecule has 0 radical (unpaired) electrons. The van der Waals surface area contributed by atoms with Gasteiger partial charge < -0.3 is 11.1 Å². The van der Waals surface area contributed by atoms with Crippen molar-refractivity contribution in [3.63, 3.8) is 0 Å². The first-order valence-electron chi connectivity index (χ1n) is 5.09. The largest absolute Gasteiger partial charge is 0.382 e. The second kappa shape index (κ2) is 5.95. The third-order valence-electron chi connectivity index (χ3n) is 2.10. The van der Waals surface area contributed by atoms with E-state index in [2.05, 4.69) is 22.2 Å². The maximum atomic E-state index is 10.2. The van der Waals surface area contributed by atoms with Gasteiger partial charge in [0.2, 0.25) is 6.41 Å². The fourth-order valence-corrected chi connectivity index (χ4v) is 1.29. The zero-order valence-corrected chi connectivity index (χ0v) is 8.86. The van der Waals surface area contributed by atoms with Crippen LogP contribution < -0.4 is 11.1 Å². The molecular formula is C10H16N4O. The maximum Gasteiger partial charge on any atom is 0.212 e. The minimum Gasteiger partial charge on any atom is -0.382 e. The summed E-state index contributed by atoms with van der Waals surface area (Å²) in [5, 5.41) is 2.41. The van der Waals surface area contributed by atoms with E-state index in [0.717, 1.165) is 31.4 Å². The minimum absolute atomic E-state index is 0.391. The molecule has 1 rings (SSSR count). The molecule has 0 saturated carbocycles. The number of rotatable bonds is 6. The number of hydrogen-bond donors (Lipinski definition) is 2. The van der Waals surface area contributed by atoms with E-state index in [1.165, 1.54) is 6.20 Å². The molecule has 1 aromatic rings. The number of nitrogen functional groups attached to an aromatic ring is 1. The zero-order valence-electron chi connectivity index (χ0n) is 8.86. The van der Waals surface area contributed by atoms with Crippen LogP contribution in [0.2, 0.25) is 0 Å². The summed E-state index contributed by atoms with van der Waals surface area (Å²) < 4.78 is 0. The average molecular weight is 208 g/mol. The summed E-state index contributed by atoms with van der Waals surface area (Å²) in [7, 11) is 0. The number of carbonyl (C=O) groups excluding carboxylic acids is 1. The van der Waals surface area contributed by atoms with Crippen LogP contribution in [0.1, 0.15) is 31.9 Å². The van der Waals surface area contributed by atoms with E-state index in [9.17, 15) is 4.79 Å². The highest BCUT2D eigenvalue weighted by molar-refractivity contribution is 5.68. The highest BCUT2D eigenvalue weighted by atomic mass is 16.1. The number of carbonyl (C=O) groups is 1. The second-order valence-corrected chi connectivity index (χ2v) is 3.31. The van der Waals surface area contributed by atoms with Gasteiger partial charge in [-0.05, 0) is 12.8 Å². The van der Waals surface area contributed by atoms with Crippen molar-refractivity contribution in [3.05, 3.63) is 11.9 Å². The van der Waals surface area contributed by atoms with Crippen molar-refractivity contribution in [1.82, 2.24) is 9.97 Å². The summed E-state index contributed by atoms with van der Waals surface area (Å²) in [5.74, 6) is 0.791. The van der Waals surface area contributed by atoms with E-state index in [0.29, 0.717) is 18.0 Å². The SMILES string of the molecule is CCCCCc1ncc(NC=O)nc1N. The van der Waals surface area contributed by atoms with Gasteiger partial charge in [0, 0.05) is 0 Å². The van der Waals surface area contributed by atoms with Crippen LogP contribution in [0.4, 0.5) is 11.6 Å². The van der Waals surface area contributed by atoms with E-state index in [4.69, 9.17) is 5.73 Å². The number of aromatic nitrogens is 2. The Hall–Kier alpha value is -1.65. The lowest BCUT2D eigenvalue weighted by Crippen LogP contribution is -2.05. The molecule has 1 aromatic heterocycles. The molecule has 82 valence electrons. The summed E-state index contributed by atoms with van der Waals surface area (Å²) in [5.41, 5.74) is 6.51. The Morgan fingerprint density at radius 2 is 2.33 bits per heavy atom. The van der Waals surface area contributed by atoms with Gasteiger partial charge in [-0.15, -0.1) is 0 Å². The summed E-state index contributed by atoms with van der Waals surface area (Å²) >= 11 is 0. The van der Waals surface area contributed by atoms with E-state index >= 15 is 0 Å². The fraction of sp³-hybridized carbons (Fsp3) is 0.500. The molecule has 1 heterocycles. The molecular weight excluding hydrogens is 192 g/mol. The van der Waals surface area contributed by atoms with Crippen LogP contribution in [0.5, 0.6) is 0 Å². The molecule has 0 aromatic carbocycles. The van der Waals surface area contributed by atoms with Crippen molar-refractivity contribution in [2.45, 2.75) is 32.6 Å². The highest BCUT2D eigenvalue weighted by Gasteiger charge is 2.03. The van der Waals surface area contributed by atoms with Crippen molar-refractivity contribution in [3.8, 4) is 0 Å². The first-order chi connectivity index (χ1) is 7.27. The summed E-state index contributed by atoms with van der Waals surface area (Å²) in [4.78, 5) is 18.3. The van der Waals surface area contributed by atoms with Crippen LogP contribution in [-0.4, -0.2) is 16.4 Å². The number of aryl methyl sites for hydroxylation is 1. The molecule has 0 aliphatic carbocycles. The van der Waals surface area contributed by atoms with Gasteiger partial charge in [-0.3, -0.25) is 9.78 Å². The van der Waals surface area contributed by atoms with E-state index < -0.39 is 0 Å². The van der Waals surface area contributed by atoms with Gasteiger partial charge in [-0.1, -0.05) is 19.8 Å². The minimum atomic E-state index is 0.391. The normalized spacial score (nSPS) is 9.93. The summed E-state index contributed by atoms with van der Waals surface area (Å²) in [6.07, 6.45) is 6.31. The molecule has 0 fully saturated rings. The van der Waals surface area contributed by atoms with Gasteiger partial charge in [0.05, 0.1) is 11.9 Å². The Morgan fingerprint density at radius 1 is 1.53 bits per heavy atom. The van der Waals surface area contributed by atoms with Crippen molar-refractivity contribution >= 4 is 18.0 Å². The number of nitrogens with two attached hydrogens (primary N) is 1. The van der Waals surface area contributed by atoms with Crippen LogP contribution in [0.15, 0.2) is 6.20 Å². The molecule has 5 nitrogen and oxygen atoms in total. The molecule has 0 unspecified atom stereocenters. The molecule has 0 bridgehead atoms. The third kappa shape index (κ3) is 3.53. The summed E-state index contributed by atoms with van der Waals surface area (Å²) in [6, 6.07) is 0. The first-order valence-corrected chi connectivity index (χ1v) is 5.09. The Labute approximate surface area is 89.1 Å². The lowest BCUT2D eigenvalue weighted by Gasteiger charge is -2.04. The predicted molar refractivity (Wildman–Crippen MR) is 59.4 cm³/mol. The number of amides is 1. The number of nitrogens with zero attached hydrogens (tertiary/aromatic N) is 2. The number of nitrogens with one attached hydrogen (secondary N) is 1. The molecule has 0 aliphatic heterocycles. The Bertz CT molecular complexity index is 327. The standard InChI is InChI=1S/C10H16N4O/c1-2-3-4-5-8-10(11)14-9(6-12-8)13-7-15/h6-7H,2-5H2,1H3,(H3,11,13,14,15). The smallest absolute Gasteiger partial charge is 0.212 e. The average Bonchev–Trinajstić information content (AvgIpc) is 2.22. The summed E-state index contributed by atoms with van der Waals surface area (Å²) in [6.45, 7) is 2.14. The van der Waals surface area contributed by atoms with E-state index in [1.54, 1.807) is 0 Å². The van der Waals surface area contributed by atoms with Gasteiger partial charge in [-0.25, -0.2) is 4.98 Å². The Morgan fingerprint density at radius 3 is 2.93 bits per heavy atom. The molecule has 0 aliphatic rings. The Kier molecular flexibility index (Phi) is 4.53. The van der Waals surface area contributed by atoms with Crippen LogP contribution in [0.25, 0.3) is 0 Å². The molecule has 5 heteroatoms. The van der Waals surface area contributed by atoms with Crippen LogP contribution in [0.3, 0.4) is 0 Å². The molecule has 3 N–H and O–H groups in total. The first kappa shape index (κ1) is 11.4. The van der Waals surface area contributed by atoms with Crippen LogP contribution in [-0.2, 0) is 11.2 Å². The van der Waals surface area contributed by atoms with Crippen molar-refractivity contribution in [2.24, 2.45) is 0 Å². The maximum absolute atomic E-state index is 10.2. The molecule has 0 saturated heterocycles. The lowest BCUT2D eigenvalue weighted by molar-refractivity contribution is -0.105. The number of hydrogen-bond acceptors (Lipinski definition) is 4. The van der Waals surface area contributed by atoms with Gasteiger partial charge >= 0.3 is 0 Å². The number of unbranched alkanes of at least 4 members (excludes halogenated alkanes) is 2. The topological polar surface area (TPSA) is 80.9 Å². The van der Waals surface area contributed by atoms with E-state index in [1.807, 2.05) is 0 Å². The molecule has 0 atom stereocenters. The van der Waals surface area contributed by atoms with Crippen LogP contribution >= 0.6 is 0 Å². The van der Waals surface area contributed by atoms with Crippen molar-refractivity contribution < 1.29 is 4.79 Å². The fourth-order valence-electron chi connectivity index (χ4n) is 1.29. The van der Waals surface area contributed by atoms with Gasteiger partial charge in [0.15, 0.2) is 5.82 Å². The lowest BCUT2D eigenvalue weighted by atomic mass is 10.1. The third-order valence-corrected chi connectivity index (χ3v) is 2.10. The van der Waals surface area contributed by atoms with Crippen molar-refractivity contribution in [2.75, 3.05) is 11.1 Å². The zero-order chi connectivity index (χ0) is 11.1. The van der Waals surface area contributed by atoms with Gasteiger partial charge in [-0.2, -0.15) is 0 Å². The predicted octanol–water partition coefficient (Wildman–Crippen LogP) is 1.36. The van der Waals surface area contributed by atoms with Crippen molar-refractivity contribution in [1.29, 1.82) is 0 Å². The Balaban J connectivity index is 2.61. The molecule has 0 spiro atoms. The molecule has 15 heavy (non-hydrogen) atoms. The van der Waals surface area contributed by atoms with Crippen LogP contribution in [0, 0.1) is 0 Å². The van der Waals surface area contributed by atoms with Gasteiger partial charge in [0.25, 0.3) is 0 Å². The number of anilines is 2. The quantitative estimate of drug-likeness (QED) is 0.546. The molecule has 1 amide bonds. The second-order valence-electron chi connectivity index (χ2n) is 3.31.